The van der Waals surface area contributed by atoms with Crippen molar-refractivity contribution in [2.24, 2.45) is 0 Å². The van der Waals surface area contributed by atoms with Crippen LogP contribution in [-0.4, -0.2) is 24.0 Å². The molecule has 1 N–H and O–H groups in total. The Hall–Kier alpha value is -6.55. The molecule has 0 spiro atoms. The van der Waals surface area contributed by atoms with E-state index in [0.29, 0.717) is 11.3 Å². The minimum absolute atomic E-state index is 0. The van der Waals surface area contributed by atoms with Crippen LogP contribution >= 0.6 is 0 Å². The molecule has 0 atom stereocenters. The molecule has 4 aromatic heterocycles. The summed E-state index contributed by atoms with van der Waals surface area (Å²) in [6.45, 7) is 0. The molecule has 4 heterocycles. The Kier molecular flexibility index (Phi) is 8.49. The van der Waals surface area contributed by atoms with E-state index < -0.39 is 0 Å². The summed E-state index contributed by atoms with van der Waals surface area (Å²) in [6.07, 6.45) is 2.07. The first-order valence-corrected chi connectivity index (χ1v) is 17.6. The fourth-order valence-electron chi connectivity index (χ4n) is 7.50. The van der Waals surface area contributed by atoms with Crippen LogP contribution in [0.1, 0.15) is 0 Å². The Balaban J connectivity index is 0.00000384. The van der Waals surface area contributed by atoms with Gasteiger partial charge in [-0.1, -0.05) is 114 Å². The van der Waals surface area contributed by atoms with Crippen molar-refractivity contribution in [1.82, 2.24) is 18.9 Å². The maximum absolute atomic E-state index is 10.8. The summed E-state index contributed by atoms with van der Waals surface area (Å²) in [5, 5.41) is 13.3. The van der Waals surface area contributed by atoms with Crippen LogP contribution < -0.4 is 0 Å². The molecule has 0 bridgehead atoms. The zero-order valence-corrected chi connectivity index (χ0v) is 31.1. The van der Waals surface area contributed by atoms with Crippen LogP contribution in [0, 0.1) is 6.07 Å². The van der Waals surface area contributed by atoms with Crippen LogP contribution in [0.2, 0.25) is 0 Å². The molecule has 54 heavy (non-hydrogen) atoms. The smallest absolute Gasteiger partial charge is 0.129 e. The molecule has 0 unspecified atom stereocenters. The molecular formula is C48H31N4OPt-. The second-order valence-electron chi connectivity index (χ2n) is 13.1. The van der Waals surface area contributed by atoms with Crippen molar-refractivity contribution in [2.75, 3.05) is 0 Å². The summed E-state index contributed by atoms with van der Waals surface area (Å²) < 4.78 is 4.50. The number of benzene rings is 6. The Morgan fingerprint density at radius 1 is 0.500 bits per heavy atom. The number of phenols is 1. The van der Waals surface area contributed by atoms with Crippen molar-refractivity contribution >= 4 is 27.5 Å². The van der Waals surface area contributed by atoms with Gasteiger partial charge in [0.05, 0.1) is 16.7 Å². The van der Waals surface area contributed by atoms with Gasteiger partial charge < -0.3 is 14.1 Å². The summed E-state index contributed by atoms with van der Waals surface area (Å²) in [4.78, 5) is 10.3. The van der Waals surface area contributed by atoms with Crippen molar-refractivity contribution < 1.29 is 26.2 Å². The topological polar surface area (TPSA) is 55.4 Å². The molecule has 0 saturated carbocycles. The van der Waals surface area contributed by atoms with Gasteiger partial charge in [0.15, 0.2) is 0 Å². The molecule has 5 nitrogen and oxygen atoms in total. The van der Waals surface area contributed by atoms with E-state index in [9.17, 15) is 5.11 Å². The molecule has 10 aromatic rings. The first-order chi connectivity index (χ1) is 26.2. The third-order valence-electron chi connectivity index (χ3n) is 9.93. The van der Waals surface area contributed by atoms with Gasteiger partial charge in [-0.3, -0.25) is 9.97 Å². The van der Waals surface area contributed by atoms with E-state index in [1.807, 2.05) is 72.8 Å². The molecule has 6 aromatic carbocycles. The van der Waals surface area contributed by atoms with Gasteiger partial charge in [0.25, 0.3) is 0 Å². The molecule has 6 heteroatoms. The number of para-hydroxylation sites is 3. The van der Waals surface area contributed by atoms with Gasteiger partial charge in [-0.15, -0.1) is 24.3 Å². The fraction of sp³-hybridized carbons (Fsp3) is 0. The minimum atomic E-state index is 0. The number of phenolic OH excluding ortho intramolecular Hbond substituents is 1. The molecule has 0 fully saturated rings. The predicted molar refractivity (Wildman–Crippen MR) is 215 cm³/mol. The maximum Gasteiger partial charge on any atom is 0.129 e. The van der Waals surface area contributed by atoms with Gasteiger partial charge in [0.2, 0.25) is 0 Å². The minimum Gasteiger partial charge on any atom is -0.507 e. The first-order valence-electron chi connectivity index (χ1n) is 17.6. The third kappa shape index (κ3) is 5.71. The van der Waals surface area contributed by atoms with Crippen molar-refractivity contribution in [3.8, 4) is 67.6 Å². The average Bonchev–Trinajstić information content (AvgIpc) is 3.78. The Morgan fingerprint density at radius 3 is 1.94 bits per heavy atom. The quantitative estimate of drug-likeness (QED) is 0.169. The van der Waals surface area contributed by atoms with Gasteiger partial charge in [0.1, 0.15) is 11.4 Å². The standard InChI is InChI=1S/C48H31N4O.Pt/c53-45-25-9-6-22-40(45)42-31-36(32-14-2-1-3-15-32)30-41(49-42)33-16-12-17-34(28-33)47-48(51-27-11-10-26-46(51)50-47)35-18-13-19-37(29-35)52-43-23-7-4-20-38(43)39-21-5-8-24-44(39)52;/h1-27,29-31,53H;/q-1;. The van der Waals surface area contributed by atoms with E-state index in [1.54, 1.807) is 6.07 Å². The van der Waals surface area contributed by atoms with Crippen LogP contribution in [0.3, 0.4) is 0 Å². The zero-order chi connectivity index (χ0) is 35.3. The molecule has 10 rings (SSSR count). The fourth-order valence-corrected chi connectivity index (χ4v) is 7.50. The van der Waals surface area contributed by atoms with Crippen molar-refractivity contribution in [3.05, 3.63) is 188 Å². The molecule has 0 amide bonds. The number of nitrogens with zero attached hydrogens (tertiary/aromatic N) is 4. The number of hydrogen-bond donors (Lipinski definition) is 1. The Morgan fingerprint density at radius 2 is 1.15 bits per heavy atom. The van der Waals surface area contributed by atoms with Crippen LogP contribution in [0.25, 0.3) is 89.3 Å². The zero-order valence-electron chi connectivity index (χ0n) is 28.9. The van der Waals surface area contributed by atoms with Gasteiger partial charge >= 0.3 is 0 Å². The van der Waals surface area contributed by atoms with Crippen LogP contribution in [0.4, 0.5) is 0 Å². The van der Waals surface area contributed by atoms with Gasteiger partial charge in [0, 0.05) is 66.4 Å². The van der Waals surface area contributed by atoms with E-state index in [2.05, 4.69) is 118 Å². The van der Waals surface area contributed by atoms with E-state index in [4.69, 9.17) is 9.97 Å². The summed E-state index contributed by atoms with van der Waals surface area (Å²) >= 11 is 0. The number of aromatic hydroxyl groups is 1. The molecule has 0 radical (unpaired) electrons. The summed E-state index contributed by atoms with van der Waals surface area (Å²) in [7, 11) is 0. The average molecular weight is 875 g/mol. The summed E-state index contributed by atoms with van der Waals surface area (Å²) in [5.74, 6) is 0.186. The third-order valence-corrected chi connectivity index (χ3v) is 9.93. The number of pyridine rings is 2. The number of fused-ring (bicyclic) bond motifs is 4. The predicted octanol–water partition coefficient (Wildman–Crippen LogP) is 11.7. The number of imidazole rings is 1. The molecule has 0 aliphatic rings. The maximum atomic E-state index is 10.8. The van der Waals surface area contributed by atoms with Crippen molar-refractivity contribution in [3.63, 3.8) is 0 Å². The van der Waals surface area contributed by atoms with Gasteiger partial charge in [-0.2, -0.15) is 0 Å². The number of rotatable bonds is 6. The van der Waals surface area contributed by atoms with Crippen molar-refractivity contribution in [2.45, 2.75) is 0 Å². The van der Waals surface area contributed by atoms with Crippen LogP contribution in [-0.2, 0) is 21.1 Å². The molecule has 260 valence electrons. The van der Waals surface area contributed by atoms with Gasteiger partial charge in [-0.25, -0.2) is 0 Å². The second-order valence-corrected chi connectivity index (χ2v) is 13.1. The number of aromatic nitrogens is 4. The Labute approximate surface area is 326 Å². The summed E-state index contributed by atoms with van der Waals surface area (Å²) in [6, 6.07) is 63.5. The summed E-state index contributed by atoms with van der Waals surface area (Å²) in [5.41, 5.74) is 13.0. The first kappa shape index (κ1) is 33.3. The molecular weight excluding hydrogens is 844 g/mol. The molecule has 0 saturated heterocycles. The van der Waals surface area contributed by atoms with Crippen LogP contribution in [0.5, 0.6) is 5.75 Å². The molecule has 0 aliphatic carbocycles. The Bertz CT molecular complexity index is 2930. The number of hydrogen-bond acceptors (Lipinski definition) is 3. The monoisotopic (exact) mass is 874 g/mol. The van der Waals surface area contributed by atoms with Crippen LogP contribution in [0.15, 0.2) is 182 Å². The molecule has 0 aliphatic heterocycles. The van der Waals surface area contributed by atoms with E-state index >= 15 is 0 Å². The van der Waals surface area contributed by atoms with E-state index in [0.717, 1.165) is 56.2 Å². The second kappa shape index (κ2) is 13.8. The normalized spacial score (nSPS) is 11.3. The van der Waals surface area contributed by atoms with E-state index in [1.165, 1.54) is 21.8 Å². The van der Waals surface area contributed by atoms with E-state index in [-0.39, 0.29) is 26.8 Å². The largest absolute Gasteiger partial charge is 0.507 e. The van der Waals surface area contributed by atoms with Gasteiger partial charge in [-0.05, 0) is 71.3 Å². The van der Waals surface area contributed by atoms with Crippen molar-refractivity contribution in [1.29, 1.82) is 0 Å². The SMILES string of the molecule is Oc1ccccc1-c1cc(-c2ccccc2)cc(-c2[c-]c(-c3nc4ccccn4c3-c3cccc(-n4c5ccccc5c5ccccc54)c3)ccc2)n1.[Pt].